The van der Waals surface area contributed by atoms with Crippen molar-refractivity contribution in [1.29, 1.82) is 0 Å². The number of fused-ring (bicyclic) bond motifs is 1. The molecule has 0 atom stereocenters. The molecular weight excluding hydrogens is 503 g/mol. The van der Waals surface area contributed by atoms with Gasteiger partial charge in [0.25, 0.3) is 5.91 Å². The number of hydrogen-bond acceptors (Lipinski definition) is 6. The van der Waals surface area contributed by atoms with E-state index in [0.29, 0.717) is 11.4 Å². The van der Waals surface area contributed by atoms with Gasteiger partial charge in [0.15, 0.2) is 11.3 Å². The molecule has 2 N–H and O–H groups in total. The van der Waals surface area contributed by atoms with E-state index < -0.39 is 23.3 Å². The molecule has 1 aliphatic rings. The number of rotatable bonds is 6. The number of benzene rings is 1. The van der Waals surface area contributed by atoms with E-state index in [9.17, 15) is 22.8 Å². The Balaban J connectivity index is 1.33. The first kappa shape index (κ1) is 23.6. The number of anilines is 2. The van der Waals surface area contributed by atoms with Gasteiger partial charge in [0, 0.05) is 25.2 Å². The third-order valence-electron chi connectivity index (χ3n) is 5.25. The Morgan fingerprint density at radius 1 is 1.08 bits per heavy atom. The lowest BCUT2D eigenvalue weighted by Gasteiger charge is -2.11. The lowest BCUT2D eigenvalue weighted by molar-refractivity contribution is -0.141. The van der Waals surface area contributed by atoms with Crippen LogP contribution in [0.15, 0.2) is 42.7 Å². The molecule has 0 spiro atoms. The van der Waals surface area contributed by atoms with Gasteiger partial charge in [-0.1, -0.05) is 11.6 Å². The summed E-state index contributed by atoms with van der Waals surface area (Å²) in [6, 6.07) is 7.58. The molecule has 10 nitrogen and oxygen atoms in total. The average Bonchev–Trinajstić information content (AvgIpc) is 3.47. The molecule has 1 saturated carbocycles. The molecule has 0 aliphatic heterocycles. The summed E-state index contributed by atoms with van der Waals surface area (Å²) >= 11 is 6.14. The van der Waals surface area contributed by atoms with Crippen LogP contribution in [-0.2, 0) is 18.0 Å². The lowest BCUT2D eigenvalue weighted by atomic mass is 10.2. The van der Waals surface area contributed by atoms with Crippen LogP contribution < -0.4 is 15.4 Å². The van der Waals surface area contributed by atoms with Crippen LogP contribution in [0.3, 0.4) is 0 Å². The van der Waals surface area contributed by atoms with Crippen LogP contribution >= 0.6 is 11.6 Å². The number of ether oxygens (including phenoxy) is 1. The van der Waals surface area contributed by atoms with Crippen LogP contribution in [0.5, 0.6) is 11.5 Å². The number of carbonyl (C=O) groups excluding carboxylic acids is 2. The fourth-order valence-electron chi connectivity index (χ4n) is 3.39. The Labute approximate surface area is 206 Å². The zero-order valence-electron chi connectivity index (χ0n) is 18.5. The average molecular weight is 520 g/mol. The SMILES string of the molecule is Cn1cc(C(=O)Nc2cc(Oc3ccc4nc(NC(=O)C5CC5)nn4c3)ccc2Cl)c(C(F)(F)F)n1. The summed E-state index contributed by atoms with van der Waals surface area (Å²) in [6.45, 7) is 0. The molecule has 2 amide bonds. The lowest BCUT2D eigenvalue weighted by Crippen LogP contribution is -2.18. The quantitative estimate of drug-likeness (QED) is 0.387. The molecule has 36 heavy (non-hydrogen) atoms. The molecule has 0 bridgehead atoms. The summed E-state index contributed by atoms with van der Waals surface area (Å²) in [5.41, 5.74) is -1.43. The number of hydrogen-bond donors (Lipinski definition) is 2. The van der Waals surface area contributed by atoms with Crippen molar-refractivity contribution in [3.63, 3.8) is 0 Å². The number of nitrogens with zero attached hydrogens (tertiary/aromatic N) is 5. The van der Waals surface area contributed by atoms with Crippen LogP contribution in [0.1, 0.15) is 28.9 Å². The first-order chi connectivity index (χ1) is 17.1. The number of aryl methyl sites for hydroxylation is 1. The van der Waals surface area contributed by atoms with Crippen molar-refractivity contribution >= 4 is 40.7 Å². The second-order valence-electron chi connectivity index (χ2n) is 8.13. The Kier molecular flexibility index (Phi) is 5.79. The Hall–Kier alpha value is -4.13. The molecule has 0 radical (unpaired) electrons. The molecule has 14 heteroatoms. The fourth-order valence-corrected chi connectivity index (χ4v) is 3.55. The van der Waals surface area contributed by atoms with Gasteiger partial charge in [0.2, 0.25) is 11.9 Å². The normalized spacial score (nSPS) is 13.6. The highest BCUT2D eigenvalue weighted by Gasteiger charge is 2.39. The first-order valence-electron chi connectivity index (χ1n) is 10.6. The second kappa shape index (κ2) is 8.82. The molecule has 3 heterocycles. The van der Waals surface area contributed by atoms with Crippen molar-refractivity contribution in [2.24, 2.45) is 13.0 Å². The second-order valence-corrected chi connectivity index (χ2v) is 8.53. The van der Waals surface area contributed by atoms with Crippen LogP contribution in [0.4, 0.5) is 24.8 Å². The Morgan fingerprint density at radius 3 is 2.56 bits per heavy atom. The van der Waals surface area contributed by atoms with E-state index in [2.05, 4.69) is 25.8 Å². The number of aromatic nitrogens is 5. The van der Waals surface area contributed by atoms with Gasteiger partial charge in [-0.25, -0.2) is 4.52 Å². The Morgan fingerprint density at radius 2 is 1.83 bits per heavy atom. The standard InChI is InChI=1S/C22H17ClF3N7O3/c1-32-10-14(18(30-32)22(24,25)26)20(35)27-16-8-12(4-6-15(16)23)36-13-5-7-17-28-21(31-33(17)9-13)29-19(34)11-2-3-11/h4-11H,2-3H2,1H3,(H,27,35)(H,29,31,34). The van der Waals surface area contributed by atoms with Gasteiger partial charge in [-0.2, -0.15) is 23.3 Å². The van der Waals surface area contributed by atoms with Gasteiger partial charge in [0.05, 0.1) is 22.5 Å². The van der Waals surface area contributed by atoms with Crippen LogP contribution in [0.25, 0.3) is 5.65 Å². The minimum absolute atomic E-state index is 0.00769. The van der Waals surface area contributed by atoms with Crippen LogP contribution in [0, 0.1) is 5.92 Å². The van der Waals surface area contributed by atoms with E-state index in [-0.39, 0.29) is 34.2 Å². The smallest absolute Gasteiger partial charge is 0.435 e. The van der Waals surface area contributed by atoms with Gasteiger partial charge >= 0.3 is 6.18 Å². The van der Waals surface area contributed by atoms with E-state index in [1.807, 2.05) is 0 Å². The van der Waals surface area contributed by atoms with E-state index in [0.717, 1.165) is 23.7 Å². The van der Waals surface area contributed by atoms with Gasteiger partial charge in [-0.15, -0.1) is 5.10 Å². The number of halogens is 4. The molecule has 5 rings (SSSR count). The van der Waals surface area contributed by atoms with E-state index >= 15 is 0 Å². The van der Waals surface area contributed by atoms with Crippen molar-refractivity contribution in [2.45, 2.75) is 19.0 Å². The summed E-state index contributed by atoms with van der Waals surface area (Å²) in [4.78, 5) is 28.7. The summed E-state index contributed by atoms with van der Waals surface area (Å²) in [5.74, 6) is -0.370. The minimum atomic E-state index is -4.80. The Bertz CT molecular complexity index is 1490. The number of pyridine rings is 1. The molecule has 0 saturated heterocycles. The molecule has 1 aromatic carbocycles. The van der Waals surface area contributed by atoms with E-state index in [1.165, 1.54) is 36.0 Å². The maximum Gasteiger partial charge on any atom is 0.435 e. The number of alkyl halides is 3. The van der Waals surface area contributed by atoms with E-state index in [1.54, 1.807) is 12.1 Å². The van der Waals surface area contributed by atoms with Crippen molar-refractivity contribution < 1.29 is 27.5 Å². The van der Waals surface area contributed by atoms with Gasteiger partial charge in [0.1, 0.15) is 11.5 Å². The predicted octanol–water partition coefficient (Wildman–Crippen LogP) is 4.53. The zero-order chi connectivity index (χ0) is 25.6. The summed E-state index contributed by atoms with van der Waals surface area (Å²) in [6.07, 6.45) is -0.587. The third-order valence-corrected chi connectivity index (χ3v) is 5.58. The topological polar surface area (TPSA) is 115 Å². The first-order valence-corrected chi connectivity index (χ1v) is 11.0. The number of amides is 2. The molecule has 1 aliphatic carbocycles. The highest BCUT2D eigenvalue weighted by molar-refractivity contribution is 6.34. The molecule has 186 valence electrons. The van der Waals surface area contributed by atoms with Crippen molar-refractivity contribution in [2.75, 3.05) is 10.6 Å². The fraction of sp³-hybridized carbons (Fsp3) is 0.227. The summed E-state index contributed by atoms with van der Waals surface area (Å²) in [5, 5.41) is 12.7. The number of nitrogens with one attached hydrogen (secondary N) is 2. The summed E-state index contributed by atoms with van der Waals surface area (Å²) < 4.78 is 47.8. The molecule has 1 fully saturated rings. The zero-order valence-corrected chi connectivity index (χ0v) is 19.3. The number of carbonyl (C=O) groups is 2. The highest BCUT2D eigenvalue weighted by Crippen LogP contribution is 2.33. The monoisotopic (exact) mass is 519 g/mol. The van der Waals surface area contributed by atoms with Gasteiger partial charge < -0.3 is 10.1 Å². The van der Waals surface area contributed by atoms with Gasteiger partial charge in [-0.3, -0.25) is 19.6 Å². The summed E-state index contributed by atoms with van der Waals surface area (Å²) in [7, 11) is 1.28. The van der Waals surface area contributed by atoms with E-state index in [4.69, 9.17) is 16.3 Å². The predicted molar refractivity (Wildman–Crippen MR) is 122 cm³/mol. The molecular formula is C22H17ClF3N7O3. The van der Waals surface area contributed by atoms with Gasteiger partial charge in [-0.05, 0) is 37.1 Å². The minimum Gasteiger partial charge on any atom is -0.456 e. The van der Waals surface area contributed by atoms with Crippen LogP contribution in [-0.4, -0.2) is 36.2 Å². The molecule has 0 unspecified atom stereocenters. The largest absolute Gasteiger partial charge is 0.456 e. The van der Waals surface area contributed by atoms with Crippen molar-refractivity contribution in [3.05, 3.63) is 59.0 Å². The maximum absolute atomic E-state index is 13.2. The van der Waals surface area contributed by atoms with Crippen molar-refractivity contribution in [1.82, 2.24) is 24.4 Å². The third kappa shape index (κ3) is 4.96. The highest BCUT2D eigenvalue weighted by atomic mass is 35.5. The molecule has 4 aromatic rings. The maximum atomic E-state index is 13.2. The van der Waals surface area contributed by atoms with Crippen molar-refractivity contribution in [3.8, 4) is 11.5 Å². The molecule has 3 aromatic heterocycles. The van der Waals surface area contributed by atoms with Crippen LogP contribution in [0.2, 0.25) is 5.02 Å².